The summed E-state index contributed by atoms with van der Waals surface area (Å²) < 4.78 is 0. The Balaban J connectivity index is 2.19. The highest BCUT2D eigenvalue weighted by atomic mass is 16.3. The van der Waals surface area contributed by atoms with Crippen LogP contribution in [0.25, 0.3) is 0 Å². The van der Waals surface area contributed by atoms with E-state index in [0.29, 0.717) is 41.1 Å². The third-order valence-corrected chi connectivity index (χ3v) is 5.85. The van der Waals surface area contributed by atoms with Crippen LogP contribution in [0.1, 0.15) is 34.1 Å². The molecule has 2 aliphatic rings. The van der Waals surface area contributed by atoms with Crippen LogP contribution in [-0.2, 0) is 4.79 Å². The number of amides is 1. The van der Waals surface area contributed by atoms with Gasteiger partial charge in [0, 0.05) is 12.6 Å². The molecule has 3 heteroatoms. The van der Waals surface area contributed by atoms with Crippen molar-refractivity contribution >= 4 is 5.91 Å². The van der Waals surface area contributed by atoms with Crippen molar-refractivity contribution in [3.05, 3.63) is 36.0 Å². The van der Waals surface area contributed by atoms with Gasteiger partial charge in [0.2, 0.25) is 5.91 Å². The summed E-state index contributed by atoms with van der Waals surface area (Å²) in [6.07, 6.45) is 11.7. The van der Waals surface area contributed by atoms with E-state index in [-0.39, 0.29) is 12.0 Å². The average Bonchev–Trinajstić information content (AvgIpc) is 2.54. The van der Waals surface area contributed by atoms with Gasteiger partial charge in [-0.05, 0) is 48.9 Å². The summed E-state index contributed by atoms with van der Waals surface area (Å²) in [5.41, 5.74) is 0.713. The second-order valence-electron chi connectivity index (χ2n) is 7.44. The van der Waals surface area contributed by atoms with Crippen LogP contribution in [0.15, 0.2) is 36.0 Å². The van der Waals surface area contributed by atoms with Gasteiger partial charge in [0.1, 0.15) is 0 Å². The Kier molecular flexibility index (Phi) is 5.85. The molecule has 128 valence electrons. The van der Waals surface area contributed by atoms with E-state index >= 15 is 0 Å². The van der Waals surface area contributed by atoms with Gasteiger partial charge in [0.25, 0.3) is 0 Å². The molecule has 0 aromatic rings. The lowest BCUT2D eigenvalue weighted by Gasteiger charge is -2.48. The summed E-state index contributed by atoms with van der Waals surface area (Å²) in [5.74, 6) is 2.53. The van der Waals surface area contributed by atoms with Crippen molar-refractivity contribution in [1.29, 1.82) is 0 Å². The molecule has 0 aromatic heterocycles. The first-order valence-electron chi connectivity index (χ1n) is 8.80. The number of nitrogens with one attached hydrogen (secondary N) is 1. The number of aliphatic hydroxyl groups excluding tert-OH is 1. The maximum atomic E-state index is 11.6. The zero-order chi connectivity index (χ0) is 17.1. The number of hydrogen-bond acceptors (Lipinski definition) is 2. The molecule has 2 aliphatic carbocycles. The second-order valence-corrected chi connectivity index (χ2v) is 7.44. The molecule has 0 saturated heterocycles. The number of hydrogen-bond donors (Lipinski definition) is 2. The maximum Gasteiger partial charge on any atom is 0.246 e. The van der Waals surface area contributed by atoms with Crippen molar-refractivity contribution in [2.24, 2.45) is 35.5 Å². The van der Waals surface area contributed by atoms with Crippen LogP contribution in [0, 0.1) is 35.5 Å². The van der Waals surface area contributed by atoms with Crippen molar-refractivity contribution in [2.75, 3.05) is 7.05 Å². The van der Waals surface area contributed by atoms with Gasteiger partial charge in [-0.1, -0.05) is 51.2 Å². The van der Waals surface area contributed by atoms with E-state index in [9.17, 15) is 9.90 Å². The lowest BCUT2D eigenvalue weighted by molar-refractivity contribution is -0.116. The monoisotopic (exact) mass is 317 g/mol. The summed E-state index contributed by atoms with van der Waals surface area (Å²) >= 11 is 0. The Morgan fingerprint density at radius 3 is 2.61 bits per heavy atom. The first-order chi connectivity index (χ1) is 10.9. The van der Waals surface area contributed by atoms with E-state index in [1.165, 1.54) is 0 Å². The van der Waals surface area contributed by atoms with Gasteiger partial charge < -0.3 is 10.4 Å². The summed E-state index contributed by atoms with van der Waals surface area (Å²) in [6, 6.07) is 0. The zero-order valence-corrected chi connectivity index (χ0v) is 15.0. The zero-order valence-electron chi connectivity index (χ0n) is 15.0. The van der Waals surface area contributed by atoms with Crippen LogP contribution >= 0.6 is 0 Å². The molecule has 0 aliphatic heterocycles. The number of likely N-dealkylation sites (N-methyl/N-ethyl adjacent to an activating group) is 1. The Bertz CT molecular complexity index is 520. The molecule has 3 nitrogen and oxygen atoms in total. The molecule has 1 saturated carbocycles. The predicted molar refractivity (Wildman–Crippen MR) is 94.7 cm³/mol. The first-order valence-corrected chi connectivity index (χ1v) is 8.80. The lowest BCUT2D eigenvalue weighted by atomic mass is 9.58. The Labute approximate surface area is 140 Å². The molecule has 0 radical (unpaired) electrons. The molecule has 0 spiro atoms. The van der Waals surface area contributed by atoms with Crippen molar-refractivity contribution in [3.63, 3.8) is 0 Å². The van der Waals surface area contributed by atoms with Crippen molar-refractivity contribution in [1.82, 2.24) is 5.32 Å². The van der Waals surface area contributed by atoms with Crippen molar-refractivity contribution in [3.8, 4) is 0 Å². The minimum Gasteiger partial charge on any atom is -0.393 e. The summed E-state index contributed by atoms with van der Waals surface area (Å²) in [5, 5.41) is 13.1. The third-order valence-electron chi connectivity index (χ3n) is 5.85. The lowest BCUT2D eigenvalue weighted by Crippen LogP contribution is -2.46. The largest absolute Gasteiger partial charge is 0.393 e. The van der Waals surface area contributed by atoms with Gasteiger partial charge in [-0.25, -0.2) is 0 Å². The average molecular weight is 317 g/mol. The Hall–Kier alpha value is -1.35. The third kappa shape index (κ3) is 3.77. The van der Waals surface area contributed by atoms with Crippen LogP contribution < -0.4 is 5.32 Å². The van der Waals surface area contributed by atoms with Crippen LogP contribution in [0.2, 0.25) is 0 Å². The van der Waals surface area contributed by atoms with Crippen LogP contribution in [-0.4, -0.2) is 24.2 Å². The predicted octanol–water partition coefficient (Wildman–Crippen LogP) is 3.33. The molecule has 7 atom stereocenters. The summed E-state index contributed by atoms with van der Waals surface area (Å²) in [6.45, 7) is 8.42. The van der Waals surface area contributed by atoms with Gasteiger partial charge in [0.15, 0.2) is 0 Å². The van der Waals surface area contributed by atoms with Crippen molar-refractivity contribution < 1.29 is 9.90 Å². The highest BCUT2D eigenvalue weighted by Crippen LogP contribution is 2.48. The molecule has 0 heterocycles. The maximum absolute atomic E-state index is 11.6. The molecule has 23 heavy (non-hydrogen) atoms. The molecule has 2 N–H and O–H groups in total. The fourth-order valence-corrected chi connectivity index (χ4v) is 4.41. The number of rotatable bonds is 3. The SMILES string of the molecule is CNC(=O)C(C)=CC=C[C@@H]1[C@H]2[C@H](C)[C@@H](O)[C@H](C)C[C@@H]2C=C[C@@H]1C. The number of fused-ring (bicyclic) bond motifs is 1. The first kappa shape index (κ1) is 18.0. The fourth-order valence-electron chi connectivity index (χ4n) is 4.41. The van der Waals surface area contributed by atoms with E-state index in [2.05, 4.69) is 44.3 Å². The minimum atomic E-state index is -0.214. The van der Waals surface area contributed by atoms with Gasteiger partial charge in [-0.3, -0.25) is 4.79 Å². The van der Waals surface area contributed by atoms with Crippen LogP contribution in [0.3, 0.4) is 0 Å². The van der Waals surface area contributed by atoms with E-state index in [4.69, 9.17) is 0 Å². The van der Waals surface area contributed by atoms with E-state index < -0.39 is 0 Å². The normalized spacial score (nSPS) is 41.0. The van der Waals surface area contributed by atoms with E-state index in [1.807, 2.05) is 19.1 Å². The second kappa shape index (κ2) is 7.48. The van der Waals surface area contributed by atoms with Gasteiger partial charge in [-0.15, -0.1) is 0 Å². The van der Waals surface area contributed by atoms with Gasteiger partial charge >= 0.3 is 0 Å². The smallest absolute Gasteiger partial charge is 0.246 e. The Morgan fingerprint density at radius 2 is 1.96 bits per heavy atom. The topological polar surface area (TPSA) is 49.3 Å². The summed E-state index contributed by atoms with van der Waals surface area (Å²) in [4.78, 5) is 11.6. The van der Waals surface area contributed by atoms with Crippen LogP contribution in [0.4, 0.5) is 0 Å². The number of carbonyl (C=O) groups excluding carboxylic acids is 1. The highest BCUT2D eigenvalue weighted by molar-refractivity contribution is 5.92. The van der Waals surface area contributed by atoms with E-state index in [1.54, 1.807) is 7.05 Å². The molecular weight excluding hydrogens is 286 g/mol. The molecule has 1 fully saturated rings. The number of carbonyl (C=O) groups is 1. The molecule has 0 aromatic carbocycles. The van der Waals surface area contributed by atoms with Gasteiger partial charge in [-0.2, -0.15) is 0 Å². The van der Waals surface area contributed by atoms with E-state index in [0.717, 1.165) is 6.42 Å². The Morgan fingerprint density at radius 1 is 1.26 bits per heavy atom. The van der Waals surface area contributed by atoms with Crippen molar-refractivity contribution in [2.45, 2.75) is 40.2 Å². The summed E-state index contributed by atoms with van der Waals surface area (Å²) in [7, 11) is 1.65. The molecule has 1 amide bonds. The number of aliphatic hydroxyl groups is 1. The highest BCUT2D eigenvalue weighted by Gasteiger charge is 2.44. The fraction of sp³-hybridized carbons (Fsp3) is 0.650. The molecule has 0 bridgehead atoms. The van der Waals surface area contributed by atoms with Gasteiger partial charge in [0.05, 0.1) is 6.10 Å². The standard InChI is InChI=1S/C20H31NO2/c1-12-9-10-16-11-14(3)19(22)15(4)18(16)17(12)8-6-7-13(2)20(23)21-5/h6-10,12,14-19,22H,11H2,1-5H3,(H,21,23)/t12-,14+,15-,16-,17-,18-,19-/m0/s1. The minimum absolute atomic E-state index is 0.0422. The quantitative estimate of drug-likeness (QED) is 0.476. The number of allylic oxidation sites excluding steroid dienone is 5. The molecular formula is C20H31NO2. The van der Waals surface area contributed by atoms with Crippen LogP contribution in [0.5, 0.6) is 0 Å². The molecule has 0 unspecified atom stereocenters. The molecule has 2 rings (SSSR count).